The van der Waals surface area contributed by atoms with Gasteiger partial charge in [-0.1, -0.05) is 24.3 Å². The molecule has 9 nitrogen and oxygen atoms in total. The number of thiophene rings is 1. The Morgan fingerprint density at radius 1 is 1.00 bits per heavy atom. The second kappa shape index (κ2) is 14.0. The summed E-state index contributed by atoms with van der Waals surface area (Å²) in [6.07, 6.45) is 0.841. The van der Waals surface area contributed by atoms with Gasteiger partial charge in [-0.2, -0.15) is 0 Å². The molecule has 1 atom stereocenters. The number of hydrogen-bond acceptors (Lipinski definition) is 9. The van der Waals surface area contributed by atoms with Gasteiger partial charge in [0.1, 0.15) is 5.82 Å². The second-order valence-electron chi connectivity index (χ2n) is 11.0. The Balaban J connectivity index is 0.000000423. The van der Waals surface area contributed by atoms with Crippen LogP contribution in [0.3, 0.4) is 0 Å². The van der Waals surface area contributed by atoms with E-state index < -0.39 is 0 Å². The molecule has 1 aromatic carbocycles. The number of anilines is 1. The number of benzene rings is 1. The van der Waals surface area contributed by atoms with Gasteiger partial charge in [0.25, 0.3) is 0 Å². The van der Waals surface area contributed by atoms with Crippen molar-refractivity contribution in [2.75, 3.05) is 71.9 Å². The highest BCUT2D eigenvalue weighted by Crippen LogP contribution is 2.36. The Bertz CT molecular complexity index is 1310. The zero-order chi connectivity index (χ0) is 28.8. The van der Waals surface area contributed by atoms with Crippen LogP contribution in [-0.2, 0) is 29.2 Å². The minimum absolute atomic E-state index is 0.0453. The molecule has 220 valence electrons. The number of likely N-dealkylation sites (N-methyl/N-ethyl adjacent to an activating group) is 2. The van der Waals surface area contributed by atoms with Crippen molar-refractivity contribution in [3.8, 4) is 10.4 Å². The van der Waals surface area contributed by atoms with Crippen molar-refractivity contribution in [3.63, 3.8) is 0 Å². The average Bonchev–Trinajstić information content (AvgIpc) is 3.63. The van der Waals surface area contributed by atoms with Crippen molar-refractivity contribution in [2.24, 2.45) is 0 Å². The van der Waals surface area contributed by atoms with E-state index in [4.69, 9.17) is 16.3 Å². The van der Waals surface area contributed by atoms with Crippen molar-refractivity contribution in [1.82, 2.24) is 29.6 Å². The van der Waals surface area contributed by atoms with Crippen LogP contribution in [0.5, 0.6) is 0 Å². The zero-order valence-electron chi connectivity index (χ0n) is 24.2. The molecule has 2 aromatic heterocycles. The van der Waals surface area contributed by atoms with E-state index in [0.717, 1.165) is 76.7 Å². The molecule has 0 saturated carbocycles. The SMILES string of the molecule is CC(Nc1nc(Cl)nc2c1CN(C=O)C2)c1ccc(-c2ccccc2CN2CCN(C)CC2)s1.CN1CCOCC1. The minimum Gasteiger partial charge on any atom is -0.379 e. The van der Waals surface area contributed by atoms with Crippen LogP contribution in [0, 0.1) is 0 Å². The fourth-order valence-corrected chi connectivity index (χ4v) is 6.51. The van der Waals surface area contributed by atoms with E-state index in [0.29, 0.717) is 18.9 Å². The van der Waals surface area contributed by atoms with Gasteiger partial charge in [0, 0.05) is 61.1 Å². The molecule has 0 aliphatic carbocycles. The second-order valence-corrected chi connectivity index (χ2v) is 12.5. The third-order valence-electron chi connectivity index (χ3n) is 7.84. The van der Waals surface area contributed by atoms with E-state index in [-0.39, 0.29) is 11.3 Å². The molecule has 0 bridgehead atoms. The Morgan fingerprint density at radius 2 is 1.73 bits per heavy atom. The highest BCUT2D eigenvalue weighted by molar-refractivity contribution is 7.15. The fraction of sp³-hybridized carbons (Fsp3) is 0.500. The van der Waals surface area contributed by atoms with E-state index in [1.165, 1.54) is 20.9 Å². The first-order chi connectivity index (χ1) is 19.9. The molecule has 1 unspecified atom stereocenters. The first-order valence-corrected chi connectivity index (χ1v) is 15.5. The number of carbonyl (C=O) groups is 1. The van der Waals surface area contributed by atoms with Crippen molar-refractivity contribution < 1.29 is 9.53 Å². The highest BCUT2D eigenvalue weighted by Gasteiger charge is 2.25. The normalized spacial score (nSPS) is 18.9. The molecular formula is C30H40ClN7O2S. The molecule has 3 aliphatic rings. The van der Waals surface area contributed by atoms with Crippen LogP contribution in [0.15, 0.2) is 36.4 Å². The molecule has 5 heterocycles. The van der Waals surface area contributed by atoms with Gasteiger partial charge in [-0.05, 0) is 55.9 Å². The summed E-state index contributed by atoms with van der Waals surface area (Å²) in [5.74, 6) is 0.706. The number of halogens is 1. The average molecular weight is 598 g/mol. The summed E-state index contributed by atoms with van der Waals surface area (Å²) >= 11 is 7.97. The zero-order valence-corrected chi connectivity index (χ0v) is 25.8. The van der Waals surface area contributed by atoms with Crippen molar-refractivity contribution in [2.45, 2.75) is 32.6 Å². The Hall–Kier alpha value is -2.60. The molecule has 2 saturated heterocycles. The molecular weight excluding hydrogens is 558 g/mol. The number of carbonyl (C=O) groups excluding carboxylic acids is 1. The number of hydrogen-bond donors (Lipinski definition) is 1. The standard InChI is InChI=1S/C25H29ClN6OS.C5H11NO/c1-17(27-24-20-14-32(16-33)15-21(20)28-25(26)29-24)22-7-8-23(34-22)19-6-4-3-5-18(19)13-31-11-9-30(2)10-12-31;1-6-2-4-7-5-3-6/h3-8,16-17H,9-15H2,1-2H3,(H,27,28,29);2-5H2,1H3. The van der Waals surface area contributed by atoms with Gasteiger partial charge >= 0.3 is 0 Å². The molecule has 1 amide bonds. The maximum absolute atomic E-state index is 11.2. The number of ether oxygens (including phenoxy) is 1. The van der Waals surface area contributed by atoms with Gasteiger partial charge in [-0.3, -0.25) is 9.69 Å². The van der Waals surface area contributed by atoms with Crippen LogP contribution in [0.1, 0.15) is 34.7 Å². The quantitative estimate of drug-likeness (QED) is 0.321. The fourth-order valence-electron chi connectivity index (χ4n) is 5.25. The summed E-state index contributed by atoms with van der Waals surface area (Å²) in [5, 5.41) is 3.71. The lowest BCUT2D eigenvalue weighted by Crippen LogP contribution is -2.43. The Morgan fingerprint density at radius 3 is 2.44 bits per heavy atom. The number of nitrogens with zero attached hydrogens (tertiary/aromatic N) is 6. The van der Waals surface area contributed by atoms with Crippen LogP contribution in [0.25, 0.3) is 10.4 Å². The lowest BCUT2D eigenvalue weighted by Gasteiger charge is -2.32. The Labute approximate surface area is 252 Å². The van der Waals surface area contributed by atoms with Crippen molar-refractivity contribution in [1.29, 1.82) is 0 Å². The third-order valence-corrected chi connectivity index (χ3v) is 9.31. The molecule has 41 heavy (non-hydrogen) atoms. The van der Waals surface area contributed by atoms with E-state index in [1.54, 1.807) is 16.2 Å². The van der Waals surface area contributed by atoms with E-state index >= 15 is 0 Å². The van der Waals surface area contributed by atoms with Crippen LogP contribution < -0.4 is 5.32 Å². The van der Waals surface area contributed by atoms with Gasteiger partial charge in [0.2, 0.25) is 11.7 Å². The number of aromatic nitrogens is 2. The summed E-state index contributed by atoms with van der Waals surface area (Å²) in [6.45, 7) is 12.5. The van der Waals surface area contributed by atoms with E-state index in [2.05, 4.69) is 87.4 Å². The topological polar surface area (TPSA) is 77.1 Å². The van der Waals surface area contributed by atoms with Crippen molar-refractivity contribution >= 4 is 35.2 Å². The summed E-state index contributed by atoms with van der Waals surface area (Å²) in [5.41, 5.74) is 4.43. The number of amides is 1. The first-order valence-electron chi connectivity index (χ1n) is 14.3. The molecule has 11 heteroatoms. The molecule has 3 aliphatic heterocycles. The summed E-state index contributed by atoms with van der Waals surface area (Å²) in [7, 11) is 4.30. The van der Waals surface area contributed by atoms with E-state index in [1.807, 2.05) is 0 Å². The van der Waals surface area contributed by atoms with Gasteiger partial charge in [0.05, 0.1) is 38.0 Å². The first kappa shape index (κ1) is 29.9. The minimum atomic E-state index is 0.0453. The number of fused-ring (bicyclic) bond motifs is 1. The number of morpholine rings is 1. The predicted octanol–water partition coefficient (Wildman–Crippen LogP) is 4.20. The third kappa shape index (κ3) is 7.82. The van der Waals surface area contributed by atoms with Crippen LogP contribution in [0.4, 0.5) is 5.82 Å². The van der Waals surface area contributed by atoms with Gasteiger partial charge in [0.15, 0.2) is 0 Å². The summed E-state index contributed by atoms with van der Waals surface area (Å²) in [6, 6.07) is 13.2. The van der Waals surface area contributed by atoms with E-state index in [9.17, 15) is 4.79 Å². The lowest BCUT2D eigenvalue weighted by atomic mass is 10.1. The van der Waals surface area contributed by atoms with Crippen LogP contribution in [0.2, 0.25) is 5.28 Å². The lowest BCUT2D eigenvalue weighted by molar-refractivity contribution is -0.118. The predicted molar refractivity (Wildman–Crippen MR) is 165 cm³/mol. The smallest absolute Gasteiger partial charge is 0.224 e. The number of rotatable bonds is 7. The largest absolute Gasteiger partial charge is 0.379 e. The summed E-state index contributed by atoms with van der Waals surface area (Å²) in [4.78, 5) is 31.3. The number of piperazine rings is 1. The molecule has 1 N–H and O–H groups in total. The molecule has 6 rings (SSSR count). The van der Waals surface area contributed by atoms with Gasteiger partial charge < -0.3 is 24.8 Å². The monoisotopic (exact) mass is 597 g/mol. The van der Waals surface area contributed by atoms with Crippen LogP contribution in [-0.4, -0.2) is 103 Å². The molecule has 3 aromatic rings. The summed E-state index contributed by atoms with van der Waals surface area (Å²) < 4.78 is 5.10. The Kier molecular flexibility index (Phi) is 10.2. The molecule has 0 spiro atoms. The highest BCUT2D eigenvalue weighted by atomic mass is 35.5. The van der Waals surface area contributed by atoms with Crippen LogP contribution >= 0.6 is 22.9 Å². The van der Waals surface area contributed by atoms with Gasteiger partial charge in [-0.15, -0.1) is 11.3 Å². The molecule has 2 fully saturated rings. The molecule has 0 radical (unpaired) electrons. The van der Waals surface area contributed by atoms with Gasteiger partial charge in [-0.25, -0.2) is 9.97 Å². The van der Waals surface area contributed by atoms with Crippen molar-refractivity contribution in [3.05, 3.63) is 63.4 Å². The number of nitrogens with one attached hydrogen (secondary N) is 1. The maximum Gasteiger partial charge on any atom is 0.224 e. The maximum atomic E-state index is 11.2.